The van der Waals surface area contributed by atoms with E-state index in [0.717, 1.165) is 16.0 Å². The van der Waals surface area contributed by atoms with Gasteiger partial charge in [-0.15, -0.1) is 11.3 Å². The van der Waals surface area contributed by atoms with E-state index in [1.807, 2.05) is 6.92 Å². The molecule has 2 N–H and O–H groups in total. The van der Waals surface area contributed by atoms with Gasteiger partial charge in [0.1, 0.15) is 5.82 Å². The van der Waals surface area contributed by atoms with Gasteiger partial charge in [-0.1, -0.05) is 12.1 Å². The molecule has 1 heterocycles. The molecule has 0 fully saturated rings. The second-order valence-corrected chi connectivity index (χ2v) is 6.16. The average Bonchev–Trinajstić information content (AvgIpc) is 2.88. The number of carbonyl (C=O) groups excluding carboxylic acids is 1. The van der Waals surface area contributed by atoms with Crippen LogP contribution in [0, 0.1) is 12.7 Å². The van der Waals surface area contributed by atoms with Crippen molar-refractivity contribution in [2.45, 2.75) is 13.0 Å². The van der Waals surface area contributed by atoms with Crippen LogP contribution >= 0.6 is 11.3 Å². The van der Waals surface area contributed by atoms with Crippen LogP contribution in [0.15, 0.2) is 30.3 Å². The van der Waals surface area contributed by atoms with E-state index in [2.05, 4.69) is 5.32 Å². The summed E-state index contributed by atoms with van der Waals surface area (Å²) in [6.45, 7) is 2.22. The SMILES string of the molecule is COCC(O)CNC(=O)c1cc(-c2ccc(F)cc2)c(C)s1. The van der Waals surface area contributed by atoms with Crippen molar-refractivity contribution >= 4 is 17.2 Å². The number of halogens is 1. The lowest BCUT2D eigenvalue weighted by Gasteiger charge is -2.09. The second-order valence-electron chi connectivity index (χ2n) is 4.91. The summed E-state index contributed by atoms with van der Waals surface area (Å²) in [5, 5.41) is 12.2. The fraction of sp³-hybridized carbons (Fsp3) is 0.312. The minimum Gasteiger partial charge on any atom is -0.389 e. The molecule has 0 aliphatic carbocycles. The Morgan fingerprint density at radius 2 is 2.09 bits per heavy atom. The molecule has 0 spiro atoms. The Labute approximate surface area is 132 Å². The number of rotatable bonds is 6. The van der Waals surface area contributed by atoms with Crippen LogP contribution in [0.25, 0.3) is 11.1 Å². The highest BCUT2D eigenvalue weighted by Crippen LogP contribution is 2.31. The van der Waals surface area contributed by atoms with Crippen molar-refractivity contribution in [2.24, 2.45) is 0 Å². The maximum Gasteiger partial charge on any atom is 0.261 e. The number of amides is 1. The van der Waals surface area contributed by atoms with Gasteiger partial charge in [0.15, 0.2) is 0 Å². The molecular formula is C16H18FNO3S. The second kappa shape index (κ2) is 7.49. The van der Waals surface area contributed by atoms with Crippen molar-refractivity contribution in [2.75, 3.05) is 20.3 Å². The van der Waals surface area contributed by atoms with E-state index in [1.54, 1.807) is 18.2 Å². The summed E-state index contributed by atoms with van der Waals surface area (Å²) in [6, 6.07) is 7.95. The molecule has 0 aliphatic rings. The standard InChI is InChI=1S/C16H18FNO3S/c1-10-14(11-3-5-12(17)6-4-11)7-15(22-10)16(20)18-8-13(19)9-21-2/h3-7,13,19H,8-9H2,1-2H3,(H,18,20). The maximum absolute atomic E-state index is 13.0. The van der Waals surface area contributed by atoms with Crippen molar-refractivity contribution in [3.8, 4) is 11.1 Å². The maximum atomic E-state index is 13.0. The van der Waals surface area contributed by atoms with Gasteiger partial charge in [-0.25, -0.2) is 4.39 Å². The summed E-state index contributed by atoms with van der Waals surface area (Å²) >= 11 is 1.37. The van der Waals surface area contributed by atoms with Gasteiger partial charge >= 0.3 is 0 Å². The predicted octanol–water partition coefficient (Wildman–Crippen LogP) is 2.60. The first kappa shape index (κ1) is 16.6. The van der Waals surface area contributed by atoms with E-state index in [1.165, 1.54) is 30.6 Å². The number of aliphatic hydroxyl groups excluding tert-OH is 1. The monoisotopic (exact) mass is 323 g/mol. The molecule has 1 amide bonds. The first-order valence-corrected chi connectivity index (χ1v) is 7.64. The van der Waals surface area contributed by atoms with E-state index >= 15 is 0 Å². The van der Waals surface area contributed by atoms with Crippen LogP contribution < -0.4 is 5.32 Å². The average molecular weight is 323 g/mol. The zero-order valence-corrected chi connectivity index (χ0v) is 13.2. The molecule has 2 aromatic rings. The van der Waals surface area contributed by atoms with Crippen molar-refractivity contribution in [1.29, 1.82) is 0 Å². The molecule has 1 unspecified atom stereocenters. The van der Waals surface area contributed by atoms with Gasteiger partial charge in [0.05, 0.1) is 17.6 Å². The largest absolute Gasteiger partial charge is 0.389 e. The highest BCUT2D eigenvalue weighted by atomic mass is 32.1. The fourth-order valence-electron chi connectivity index (χ4n) is 2.06. The van der Waals surface area contributed by atoms with Gasteiger partial charge in [-0.05, 0) is 36.2 Å². The number of thiophene rings is 1. The van der Waals surface area contributed by atoms with Gasteiger partial charge in [0, 0.05) is 18.5 Å². The van der Waals surface area contributed by atoms with Crippen molar-refractivity contribution in [3.05, 3.63) is 45.9 Å². The van der Waals surface area contributed by atoms with Crippen LogP contribution in [-0.2, 0) is 4.74 Å². The summed E-state index contributed by atoms with van der Waals surface area (Å²) in [5.41, 5.74) is 1.78. The number of hydrogen-bond acceptors (Lipinski definition) is 4. The molecule has 0 bridgehead atoms. The normalized spacial score (nSPS) is 12.2. The summed E-state index contributed by atoms with van der Waals surface area (Å²) in [5.74, 6) is -0.529. The molecule has 1 aromatic carbocycles. The molecule has 1 aromatic heterocycles. The number of methoxy groups -OCH3 is 1. The van der Waals surface area contributed by atoms with E-state index in [0.29, 0.717) is 4.88 Å². The molecule has 0 saturated carbocycles. The Hall–Kier alpha value is -1.76. The number of nitrogens with one attached hydrogen (secondary N) is 1. The minimum atomic E-state index is -0.730. The minimum absolute atomic E-state index is 0.134. The zero-order valence-electron chi connectivity index (χ0n) is 12.4. The van der Waals surface area contributed by atoms with Gasteiger partial charge < -0.3 is 15.2 Å². The van der Waals surface area contributed by atoms with Gasteiger partial charge in [0.2, 0.25) is 0 Å². The highest BCUT2D eigenvalue weighted by Gasteiger charge is 2.14. The van der Waals surface area contributed by atoms with E-state index in [-0.39, 0.29) is 24.9 Å². The molecule has 6 heteroatoms. The Morgan fingerprint density at radius 3 is 2.73 bits per heavy atom. The fourth-order valence-corrected chi connectivity index (χ4v) is 3.02. The predicted molar refractivity (Wildman–Crippen MR) is 84.7 cm³/mol. The van der Waals surface area contributed by atoms with Gasteiger partial charge in [-0.3, -0.25) is 4.79 Å². The molecule has 0 aliphatic heterocycles. The van der Waals surface area contributed by atoms with Crippen molar-refractivity contribution in [3.63, 3.8) is 0 Å². The lowest BCUT2D eigenvalue weighted by atomic mass is 10.1. The number of aryl methyl sites for hydroxylation is 1. The van der Waals surface area contributed by atoms with Crippen LogP contribution in [-0.4, -0.2) is 37.4 Å². The number of hydrogen-bond donors (Lipinski definition) is 2. The topological polar surface area (TPSA) is 58.6 Å². The molecule has 0 saturated heterocycles. The molecule has 2 rings (SSSR count). The Bertz CT molecular complexity index is 639. The first-order chi connectivity index (χ1) is 10.5. The molecule has 118 valence electrons. The quantitative estimate of drug-likeness (QED) is 0.859. The van der Waals surface area contributed by atoms with E-state index < -0.39 is 6.10 Å². The lowest BCUT2D eigenvalue weighted by molar-refractivity contribution is 0.0611. The Kier molecular flexibility index (Phi) is 5.65. The van der Waals surface area contributed by atoms with Crippen LogP contribution in [0.4, 0.5) is 4.39 Å². The number of aliphatic hydroxyl groups is 1. The summed E-state index contributed by atoms with van der Waals surface area (Å²) in [7, 11) is 1.49. The van der Waals surface area contributed by atoms with Crippen LogP contribution in [0.5, 0.6) is 0 Å². The van der Waals surface area contributed by atoms with Crippen LogP contribution in [0.3, 0.4) is 0 Å². The third-order valence-corrected chi connectivity index (χ3v) is 4.20. The molecule has 4 nitrogen and oxygen atoms in total. The Balaban J connectivity index is 2.09. The van der Waals surface area contributed by atoms with E-state index in [9.17, 15) is 14.3 Å². The van der Waals surface area contributed by atoms with Crippen molar-refractivity contribution < 1.29 is 19.0 Å². The number of carbonyl (C=O) groups is 1. The lowest BCUT2D eigenvalue weighted by Crippen LogP contribution is -2.33. The van der Waals surface area contributed by atoms with Crippen LogP contribution in [0.2, 0.25) is 0 Å². The first-order valence-electron chi connectivity index (χ1n) is 6.83. The van der Waals surface area contributed by atoms with Gasteiger partial charge in [-0.2, -0.15) is 0 Å². The third kappa shape index (κ3) is 4.13. The third-order valence-electron chi connectivity index (χ3n) is 3.15. The summed E-state index contributed by atoms with van der Waals surface area (Å²) in [6.07, 6.45) is -0.730. The smallest absolute Gasteiger partial charge is 0.261 e. The Morgan fingerprint density at radius 1 is 1.41 bits per heavy atom. The van der Waals surface area contributed by atoms with Crippen LogP contribution in [0.1, 0.15) is 14.5 Å². The van der Waals surface area contributed by atoms with E-state index in [4.69, 9.17) is 4.74 Å². The zero-order chi connectivity index (χ0) is 16.1. The molecule has 1 atom stereocenters. The number of benzene rings is 1. The summed E-state index contributed by atoms with van der Waals surface area (Å²) < 4.78 is 17.8. The van der Waals surface area contributed by atoms with Gasteiger partial charge in [0.25, 0.3) is 5.91 Å². The summed E-state index contributed by atoms with van der Waals surface area (Å²) in [4.78, 5) is 13.6. The highest BCUT2D eigenvalue weighted by molar-refractivity contribution is 7.14. The molecule has 22 heavy (non-hydrogen) atoms. The van der Waals surface area contributed by atoms with Crippen molar-refractivity contribution in [1.82, 2.24) is 5.32 Å². The molecule has 0 radical (unpaired) electrons. The number of ether oxygens (including phenoxy) is 1. The molecular weight excluding hydrogens is 305 g/mol.